The fourth-order valence-corrected chi connectivity index (χ4v) is 2.80. The lowest BCUT2D eigenvalue weighted by atomic mass is 9.93. The summed E-state index contributed by atoms with van der Waals surface area (Å²) in [5.74, 6) is 0. The van der Waals surface area contributed by atoms with Crippen molar-refractivity contribution in [3.8, 4) is 0 Å². The Bertz CT molecular complexity index is 398. The maximum Gasteiger partial charge on any atom is 0.0307 e. The van der Waals surface area contributed by atoms with E-state index in [2.05, 4.69) is 49.9 Å². The van der Waals surface area contributed by atoms with Crippen molar-refractivity contribution in [3.63, 3.8) is 0 Å². The minimum Gasteiger partial charge on any atom is -0.324 e. The van der Waals surface area contributed by atoms with E-state index < -0.39 is 0 Å². The average Bonchev–Trinajstić information content (AvgIpc) is 2.66. The van der Waals surface area contributed by atoms with Crippen LogP contribution in [0.3, 0.4) is 0 Å². The van der Waals surface area contributed by atoms with Crippen LogP contribution in [-0.4, -0.2) is 24.5 Å². The third-order valence-electron chi connectivity index (χ3n) is 3.98. The molecule has 0 radical (unpaired) electrons. The van der Waals surface area contributed by atoms with Crippen LogP contribution in [-0.2, 0) is 0 Å². The van der Waals surface area contributed by atoms with Gasteiger partial charge in [0.15, 0.2) is 0 Å². The number of likely N-dealkylation sites (tertiary alicyclic amines) is 1. The van der Waals surface area contributed by atoms with Crippen LogP contribution >= 0.6 is 0 Å². The van der Waals surface area contributed by atoms with Crippen LogP contribution < -0.4 is 5.73 Å². The summed E-state index contributed by atoms with van der Waals surface area (Å²) in [6, 6.07) is 8.75. The fraction of sp³-hybridized carbons (Fsp3) is 0.625. The van der Waals surface area contributed by atoms with Crippen molar-refractivity contribution in [2.75, 3.05) is 19.6 Å². The summed E-state index contributed by atoms with van der Waals surface area (Å²) >= 11 is 0. The summed E-state index contributed by atoms with van der Waals surface area (Å²) in [6.07, 6.45) is 2.37. The van der Waals surface area contributed by atoms with Crippen molar-refractivity contribution in [2.24, 2.45) is 11.1 Å². The molecule has 1 saturated heterocycles. The van der Waals surface area contributed by atoms with Gasteiger partial charge in [-0.1, -0.05) is 43.7 Å². The standard InChI is InChI=1S/C16H26N2/c1-13-5-4-6-14(11-13)15(17)7-9-18-10-8-16(2,3)12-18/h4-6,11,15H,7-10,12,17H2,1-3H3. The minimum atomic E-state index is 0.175. The van der Waals surface area contributed by atoms with E-state index in [-0.39, 0.29) is 6.04 Å². The molecule has 0 spiro atoms. The van der Waals surface area contributed by atoms with Gasteiger partial charge >= 0.3 is 0 Å². The van der Waals surface area contributed by atoms with Crippen molar-refractivity contribution in [2.45, 2.75) is 39.7 Å². The molecule has 1 atom stereocenters. The molecule has 1 aromatic carbocycles. The predicted octanol–water partition coefficient (Wildman–Crippen LogP) is 3.12. The number of nitrogens with two attached hydrogens (primary N) is 1. The average molecular weight is 246 g/mol. The Morgan fingerprint density at radius 3 is 2.78 bits per heavy atom. The van der Waals surface area contributed by atoms with Crippen LogP contribution in [0.1, 0.15) is 43.9 Å². The Labute approximate surface area is 111 Å². The molecule has 0 aliphatic carbocycles. The summed E-state index contributed by atoms with van der Waals surface area (Å²) in [7, 11) is 0. The maximum atomic E-state index is 6.28. The Balaban J connectivity index is 1.84. The number of benzene rings is 1. The first-order valence-corrected chi connectivity index (χ1v) is 7.01. The SMILES string of the molecule is Cc1cccc(C(N)CCN2CCC(C)(C)C2)c1. The van der Waals surface area contributed by atoms with Gasteiger partial charge in [0.1, 0.15) is 0 Å². The number of hydrogen-bond donors (Lipinski definition) is 1. The first-order valence-electron chi connectivity index (χ1n) is 7.01. The molecule has 1 fully saturated rings. The lowest BCUT2D eigenvalue weighted by molar-refractivity contribution is 0.281. The number of rotatable bonds is 4. The van der Waals surface area contributed by atoms with Gasteiger partial charge in [-0.3, -0.25) is 0 Å². The van der Waals surface area contributed by atoms with Crippen LogP contribution in [0.5, 0.6) is 0 Å². The van der Waals surface area contributed by atoms with Crippen molar-refractivity contribution >= 4 is 0 Å². The molecular formula is C16H26N2. The van der Waals surface area contributed by atoms with Gasteiger partial charge in [-0.25, -0.2) is 0 Å². The van der Waals surface area contributed by atoms with Gasteiger partial charge in [0.25, 0.3) is 0 Å². The monoisotopic (exact) mass is 246 g/mol. The minimum absolute atomic E-state index is 0.175. The second-order valence-corrected chi connectivity index (χ2v) is 6.50. The van der Waals surface area contributed by atoms with Gasteiger partial charge in [0.05, 0.1) is 0 Å². The van der Waals surface area contributed by atoms with E-state index in [0.717, 1.165) is 13.0 Å². The highest BCUT2D eigenvalue weighted by atomic mass is 15.1. The van der Waals surface area contributed by atoms with E-state index in [1.54, 1.807) is 0 Å². The third kappa shape index (κ3) is 3.56. The lowest BCUT2D eigenvalue weighted by Gasteiger charge is -2.21. The maximum absolute atomic E-state index is 6.28. The van der Waals surface area contributed by atoms with Crippen LogP contribution in [0.25, 0.3) is 0 Å². The molecule has 1 aliphatic heterocycles. The normalized spacial score (nSPS) is 21.1. The highest BCUT2D eigenvalue weighted by molar-refractivity contribution is 5.24. The molecular weight excluding hydrogens is 220 g/mol. The molecule has 1 unspecified atom stereocenters. The van der Waals surface area contributed by atoms with Crippen LogP contribution in [0, 0.1) is 12.3 Å². The molecule has 1 aliphatic rings. The Morgan fingerprint density at radius 2 is 2.17 bits per heavy atom. The Hall–Kier alpha value is -0.860. The van der Waals surface area contributed by atoms with Gasteiger partial charge in [0, 0.05) is 12.6 Å². The number of nitrogens with zero attached hydrogens (tertiary/aromatic N) is 1. The van der Waals surface area contributed by atoms with E-state index >= 15 is 0 Å². The first kappa shape index (κ1) is 13.6. The molecule has 18 heavy (non-hydrogen) atoms. The van der Waals surface area contributed by atoms with Crippen LogP contribution in [0.15, 0.2) is 24.3 Å². The summed E-state index contributed by atoms with van der Waals surface area (Å²) in [4.78, 5) is 2.55. The summed E-state index contributed by atoms with van der Waals surface area (Å²) in [6.45, 7) is 10.4. The highest BCUT2D eigenvalue weighted by Crippen LogP contribution is 2.29. The smallest absolute Gasteiger partial charge is 0.0307 e. The zero-order valence-electron chi connectivity index (χ0n) is 11.9. The molecule has 100 valence electrons. The predicted molar refractivity (Wildman–Crippen MR) is 77.6 cm³/mol. The number of hydrogen-bond acceptors (Lipinski definition) is 2. The second-order valence-electron chi connectivity index (χ2n) is 6.50. The number of aryl methyl sites for hydroxylation is 1. The largest absolute Gasteiger partial charge is 0.324 e. The molecule has 2 N–H and O–H groups in total. The van der Waals surface area contributed by atoms with Crippen molar-refractivity contribution in [3.05, 3.63) is 35.4 Å². The van der Waals surface area contributed by atoms with E-state index in [1.807, 2.05) is 0 Å². The summed E-state index contributed by atoms with van der Waals surface area (Å²) in [5.41, 5.74) is 9.34. The zero-order chi connectivity index (χ0) is 13.2. The van der Waals surface area contributed by atoms with E-state index in [4.69, 9.17) is 5.73 Å². The van der Waals surface area contributed by atoms with E-state index in [1.165, 1.54) is 30.6 Å². The van der Waals surface area contributed by atoms with Crippen LogP contribution in [0.4, 0.5) is 0 Å². The van der Waals surface area contributed by atoms with Crippen molar-refractivity contribution < 1.29 is 0 Å². The molecule has 0 saturated carbocycles. The molecule has 1 heterocycles. The first-order chi connectivity index (χ1) is 8.46. The summed E-state index contributed by atoms with van der Waals surface area (Å²) in [5, 5.41) is 0. The van der Waals surface area contributed by atoms with Gasteiger partial charge in [0.2, 0.25) is 0 Å². The third-order valence-corrected chi connectivity index (χ3v) is 3.98. The lowest BCUT2D eigenvalue weighted by Crippen LogP contribution is -2.27. The Kier molecular flexibility index (Phi) is 4.08. The van der Waals surface area contributed by atoms with Crippen molar-refractivity contribution in [1.29, 1.82) is 0 Å². The Morgan fingerprint density at radius 1 is 1.39 bits per heavy atom. The van der Waals surface area contributed by atoms with Crippen molar-refractivity contribution in [1.82, 2.24) is 4.90 Å². The second kappa shape index (κ2) is 5.41. The molecule has 2 rings (SSSR count). The molecule has 0 aromatic heterocycles. The summed E-state index contributed by atoms with van der Waals surface area (Å²) < 4.78 is 0. The molecule has 0 bridgehead atoms. The molecule has 2 nitrogen and oxygen atoms in total. The molecule has 1 aromatic rings. The van der Waals surface area contributed by atoms with Gasteiger partial charge in [-0.2, -0.15) is 0 Å². The molecule has 0 amide bonds. The topological polar surface area (TPSA) is 29.3 Å². The molecule has 2 heteroatoms. The van der Waals surface area contributed by atoms with Gasteiger partial charge in [-0.15, -0.1) is 0 Å². The highest BCUT2D eigenvalue weighted by Gasteiger charge is 2.28. The fourth-order valence-electron chi connectivity index (χ4n) is 2.80. The zero-order valence-corrected chi connectivity index (χ0v) is 11.9. The van der Waals surface area contributed by atoms with Gasteiger partial charge < -0.3 is 10.6 Å². The van der Waals surface area contributed by atoms with E-state index in [9.17, 15) is 0 Å². The van der Waals surface area contributed by atoms with Gasteiger partial charge in [-0.05, 0) is 43.8 Å². The quantitative estimate of drug-likeness (QED) is 0.884. The van der Waals surface area contributed by atoms with E-state index in [0.29, 0.717) is 5.41 Å². The van der Waals surface area contributed by atoms with Crippen LogP contribution in [0.2, 0.25) is 0 Å².